The van der Waals surface area contributed by atoms with E-state index in [-0.39, 0.29) is 0 Å². The van der Waals surface area contributed by atoms with Gasteiger partial charge < -0.3 is 0 Å². The van der Waals surface area contributed by atoms with Gasteiger partial charge in [0.1, 0.15) is 0 Å². The molecule has 0 saturated carbocycles. The predicted octanol–water partition coefficient (Wildman–Crippen LogP) is 1.14. The first-order chi connectivity index (χ1) is 7.30. The molecule has 0 aromatic heterocycles. The molecule has 15 heavy (non-hydrogen) atoms. The van der Waals surface area contributed by atoms with Crippen LogP contribution in [-0.4, -0.2) is 47.9 Å². The Hall–Kier alpha value is 0.0501. The Morgan fingerprint density at radius 2 is 1.93 bits per heavy atom. The van der Waals surface area contributed by atoms with E-state index < -0.39 is 22.9 Å². The molecule has 1 spiro atoms. The number of hydrogen-bond acceptors (Lipinski definition) is 1. The number of rotatable bonds is 0. The summed E-state index contributed by atoms with van der Waals surface area (Å²) in [6, 6.07) is 9.32. The number of nitrogens with zero attached hydrogens (tertiary/aromatic N) is 1. The van der Waals surface area contributed by atoms with Crippen LogP contribution in [0.1, 0.15) is 18.4 Å². The first-order valence-corrected chi connectivity index (χ1v) is 10.9. The summed E-state index contributed by atoms with van der Waals surface area (Å²) >= 11 is -0.586. The van der Waals surface area contributed by atoms with Crippen molar-refractivity contribution in [3.8, 4) is 0 Å². The molecule has 2 heterocycles. The average molecular weight is 303 g/mol. The van der Waals surface area contributed by atoms with Crippen molar-refractivity contribution in [2.75, 3.05) is 20.1 Å². The predicted molar refractivity (Wildman–Crippen MR) is 66.4 cm³/mol. The van der Waals surface area contributed by atoms with E-state index in [1.54, 1.807) is 9.74 Å². The fraction of sp³-hybridized carbons (Fsp3) is 0.538. The standard InChI is InChI=1S/C13H17N.In.H/c1-13(8-10-14(2)11-9-13)12-6-4-3-5-7-12;;/h3-6H,1,8-11H2,2H3;;. The van der Waals surface area contributed by atoms with Gasteiger partial charge in [0.25, 0.3) is 0 Å². The fourth-order valence-corrected chi connectivity index (χ4v) is 10.7. The minimum atomic E-state index is -0.586. The summed E-state index contributed by atoms with van der Waals surface area (Å²) in [6.45, 7) is 2.61. The van der Waals surface area contributed by atoms with Crippen LogP contribution in [0.15, 0.2) is 24.3 Å². The van der Waals surface area contributed by atoms with Gasteiger partial charge in [-0.1, -0.05) is 0 Å². The van der Waals surface area contributed by atoms with Gasteiger partial charge >= 0.3 is 104 Å². The van der Waals surface area contributed by atoms with Gasteiger partial charge in [-0.2, -0.15) is 0 Å². The van der Waals surface area contributed by atoms with E-state index in [1.165, 1.54) is 25.9 Å². The van der Waals surface area contributed by atoms with Gasteiger partial charge in [-0.3, -0.25) is 0 Å². The minimum absolute atomic E-state index is 0.586. The first kappa shape index (κ1) is 10.2. The fourth-order valence-electron chi connectivity index (χ4n) is 3.33. The van der Waals surface area contributed by atoms with Crippen LogP contribution >= 0.6 is 0 Å². The number of benzene rings is 1. The van der Waals surface area contributed by atoms with Crippen LogP contribution in [0.4, 0.5) is 0 Å². The van der Waals surface area contributed by atoms with Gasteiger partial charge in [0.05, 0.1) is 0 Å². The molecule has 0 aliphatic carbocycles. The molecule has 0 amide bonds. The summed E-state index contributed by atoms with van der Waals surface area (Å²) in [4.78, 5) is 2.49. The molecule has 3 rings (SSSR count). The van der Waals surface area contributed by atoms with Crippen molar-refractivity contribution in [2.45, 2.75) is 22.4 Å². The van der Waals surface area contributed by atoms with E-state index in [0.717, 1.165) is 0 Å². The summed E-state index contributed by atoms with van der Waals surface area (Å²) in [7, 11) is 2.26. The third-order valence-electron chi connectivity index (χ3n) is 4.41. The molecule has 0 radical (unpaired) electrons. The number of piperidine rings is 1. The first-order valence-electron chi connectivity index (χ1n) is 6.07. The van der Waals surface area contributed by atoms with Crippen LogP contribution in [0.5, 0.6) is 0 Å². The van der Waals surface area contributed by atoms with E-state index in [2.05, 4.69) is 36.2 Å². The second kappa shape index (κ2) is 3.81. The maximum atomic E-state index is 2.49. The second-order valence-electron chi connectivity index (χ2n) is 5.24. The van der Waals surface area contributed by atoms with Gasteiger partial charge in [-0.05, 0) is 0 Å². The van der Waals surface area contributed by atoms with Crippen molar-refractivity contribution in [1.82, 2.24) is 4.90 Å². The quantitative estimate of drug-likeness (QED) is 0.695. The molecule has 78 valence electrons. The molecule has 1 aromatic carbocycles. The summed E-state index contributed by atoms with van der Waals surface area (Å²) in [5.41, 5.74) is 2.40. The molecule has 2 heteroatoms. The van der Waals surface area contributed by atoms with E-state index in [4.69, 9.17) is 0 Å². The summed E-state index contributed by atoms with van der Waals surface area (Å²) in [5, 5.41) is 0. The summed E-state index contributed by atoms with van der Waals surface area (Å²) in [6.07, 6.45) is 2.83. The van der Waals surface area contributed by atoms with E-state index in [9.17, 15) is 0 Å². The molecule has 2 aliphatic rings. The van der Waals surface area contributed by atoms with E-state index in [0.29, 0.717) is 5.41 Å². The Morgan fingerprint density at radius 3 is 2.73 bits per heavy atom. The van der Waals surface area contributed by atoms with Crippen LogP contribution in [0.2, 0.25) is 4.18 Å². The zero-order valence-electron chi connectivity index (χ0n) is 9.50. The van der Waals surface area contributed by atoms with Crippen molar-refractivity contribution in [1.29, 1.82) is 0 Å². The second-order valence-corrected chi connectivity index (χ2v) is 10.3. The molecule has 0 bridgehead atoms. The number of likely N-dealkylation sites (tertiary alicyclic amines) is 1. The molecule has 1 saturated heterocycles. The molecule has 0 atom stereocenters. The van der Waals surface area contributed by atoms with Crippen LogP contribution in [0.25, 0.3) is 0 Å². The summed E-state index contributed by atoms with van der Waals surface area (Å²) in [5.74, 6) is 0. The van der Waals surface area contributed by atoms with Crippen LogP contribution < -0.4 is 3.32 Å². The van der Waals surface area contributed by atoms with Crippen molar-refractivity contribution in [3.63, 3.8) is 0 Å². The van der Waals surface area contributed by atoms with Crippen molar-refractivity contribution in [3.05, 3.63) is 29.8 Å². The van der Waals surface area contributed by atoms with Crippen LogP contribution in [-0.2, 0) is 5.41 Å². The molecule has 0 unspecified atom stereocenters. The zero-order valence-corrected chi connectivity index (χ0v) is 13.5. The Balaban J connectivity index is 1.95. The molecule has 1 fully saturated rings. The molecular formula is C13H18InN. The van der Waals surface area contributed by atoms with Crippen LogP contribution in [0.3, 0.4) is 0 Å². The maximum absolute atomic E-state index is 2.49. The molecule has 2 aliphatic heterocycles. The van der Waals surface area contributed by atoms with E-state index >= 15 is 0 Å². The van der Waals surface area contributed by atoms with Gasteiger partial charge in [-0.15, -0.1) is 0 Å². The topological polar surface area (TPSA) is 3.24 Å². The van der Waals surface area contributed by atoms with Crippen molar-refractivity contribution < 1.29 is 0 Å². The number of hydrogen-bond donors (Lipinski definition) is 0. The molecule has 1 aromatic rings. The number of fused-ring (bicyclic) bond motifs is 2. The normalized spacial score (nSPS) is 23.8. The Kier molecular flexibility index (Phi) is 2.60. The van der Waals surface area contributed by atoms with Gasteiger partial charge in [0.2, 0.25) is 0 Å². The average Bonchev–Trinajstić information content (AvgIpc) is 2.63. The van der Waals surface area contributed by atoms with E-state index in [1.807, 2.05) is 3.32 Å². The Morgan fingerprint density at radius 1 is 1.20 bits per heavy atom. The molecule has 0 N–H and O–H groups in total. The molecule has 1 nitrogen and oxygen atoms in total. The molecular weight excluding hydrogens is 285 g/mol. The van der Waals surface area contributed by atoms with Crippen molar-refractivity contribution in [2.24, 2.45) is 0 Å². The van der Waals surface area contributed by atoms with Gasteiger partial charge in [0.15, 0.2) is 0 Å². The van der Waals surface area contributed by atoms with Gasteiger partial charge in [0, 0.05) is 0 Å². The Labute approximate surface area is 103 Å². The van der Waals surface area contributed by atoms with Crippen molar-refractivity contribution >= 4 is 26.2 Å². The third-order valence-corrected chi connectivity index (χ3v) is 11.1. The SMILES string of the molecule is CN1CCC2(CC1)[CH2][InH][c]1ccccc12. The Bertz CT molecular complexity index is 367. The third kappa shape index (κ3) is 1.66. The zero-order chi connectivity index (χ0) is 10.3. The monoisotopic (exact) mass is 303 g/mol. The van der Waals surface area contributed by atoms with Crippen LogP contribution in [0, 0.1) is 0 Å². The summed E-state index contributed by atoms with van der Waals surface area (Å²) < 4.78 is 3.42. The van der Waals surface area contributed by atoms with Gasteiger partial charge in [-0.25, -0.2) is 0 Å².